The van der Waals surface area contributed by atoms with Crippen molar-refractivity contribution in [3.05, 3.63) is 58.3 Å². The fraction of sp³-hybridized carbons (Fsp3) is 0.391. The van der Waals surface area contributed by atoms with Gasteiger partial charge in [-0.15, -0.1) is 11.8 Å². The van der Waals surface area contributed by atoms with Gasteiger partial charge in [0, 0.05) is 4.75 Å². The quantitative estimate of drug-likeness (QED) is 0.246. The van der Waals surface area contributed by atoms with Gasteiger partial charge in [0.15, 0.2) is 12.0 Å². The largest absolute Gasteiger partial charge is 0.459 e. The van der Waals surface area contributed by atoms with Gasteiger partial charge in [0.05, 0.1) is 0 Å². The van der Waals surface area contributed by atoms with E-state index in [1.165, 1.54) is 28.0 Å². The minimum atomic E-state index is -1.24. The highest BCUT2D eigenvalue weighted by atomic mass is 35.5. The van der Waals surface area contributed by atoms with Crippen LogP contribution in [0.5, 0.6) is 0 Å². The summed E-state index contributed by atoms with van der Waals surface area (Å²) in [6, 6.07) is 8.88. The van der Waals surface area contributed by atoms with E-state index in [9.17, 15) is 19.2 Å². The average Bonchev–Trinajstić information content (AvgIpc) is 3.41. The third kappa shape index (κ3) is 4.67. The number of fused-ring (bicyclic) bond motifs is 1. The lowest BCUT2D eigenvalue weighted by atomic mass is 9.95. The van der Waals surface area contributed by atoms with Crippen LogP contribution in [0, 0.1) is 0 Å². The first-order valence-electron chi connectivity index (χ1n) is 10.5. The third-order valence-corrected chi connectivity index (χ3v) is 8.14. The Balaban J connectivity index is 1.45. The number of carbonyl (C=O) groups excluding carboxylic acids is 4. The summed E-state index contributed by atoms with van der Waals surface area (Å²) in [4.78, 5) is 52.8. The Kier molecular flexibility index (Phi) is 7.20. The molecule has 3 heterocycles. The Morgan fingerprint density at radius 3 is 2.56 bits per heavy atom. The van der Waals surface area contributed by atoms with Gasteiger partial charge in [-0.3, -0.25) is 14.4 Å². The van der Waals surface area contributed by atoms with E-state index in [4.69, 9.17) is 21.1 Å². The molecule has 0 radical (unpaired) electrons. The van der Waals surface area contributed by atoms with E-state index in [2.05, 4.69) is 5.32 Å². The molecule has 4 atom stereocenters. The number of amides is 2. The van der Waals surface area contributed by atoms with E-state index in [0.717, 1.165) is 5.56 Å². The molecule has 1 aromatic heterocycles. The molecule has 4 rings (SSSR count). The van der Waals surface area contributed by atoms with Crippen LogP contribution in [0.4, 0.5) is 0 Å². The lowest BCUT2D eigenvalue weighted by Crippen LogP contribution is -2.71. The van der Waals surface area contributed by atoms with Crippen LogP contribution in [0.3, 0.4) is 0 Å². The van der Waals surface area contributed by atoms with Crippen LogP contribution in [0.1, 0.15) is 30.9 Å². The predicted molar refractivity (Wildman–Crippen MR) is 128 cm³/mol. The van der Waals surface area contributed by atoms with Gasteiger partial charge >= 0.3 is 11.9 Å². The fourth-order valence-corrected chi connectivity index (χ4v) is 6.56. The van der Waals surface area contributed by atoms with Crippen LogP contribution in [0.25, 0.3) is 0 Å². The highest BCUT2D eigenvalue weighted by Gasteiger charge is 2.64. The zero-order valence-electron chi connectivity index (χ0n) is 18.4. The second-order valence-corrected chi connectivity index (χ2v) is 11.2. The summed E-state index contributed by atoms with van der Waals surface area (Å²) in [5, 5.41) is 5.63. The summed E-state index contributed by atoms with van der Waals surface area (Å²) in [5.41, 5.74) is 1.31. The number of β-lactam (4-membered cyclic amide) rings is 1. The highest BCUT2D eigenvalue weighted by Crippen LogP contribution is 2.51. The van der Waals surface area contributed by atoms with Gasteiger partial charge in [-0.2, -0.15) is 11.3 Å². The van der Waals surface area contributed by atoms with Crippen molar-refractivity contribution < 1.29 is 28.7 Å². The number of carbonyl (C=O) groups is 4. The van der Waals surface area contributed by atoms with Crippen molar-refractivity contribution >= 4 is 58.5 Å². The van der Waals surface area contributed by atoms with E-state index >= 15 is 0 Å². The first-order chi connectivity index (χ1) is 16.2. The lowest BCUT2D eigenvalue weighted by Gasteiger charge is -2.44. The molecule has 0 bridgehead atoms. The number of thioether (sulfide) groups is 1. The Hall–Kier alpha value is -2.56. The van der Waals surface area contributed by atoms with Gasteiger partial charge in [0.25, 0.3) is 0 Å². The first-order valence-corrected chi connectivity index (χ1v) is 12.9. The van der Waals surface area contributed by atoms with Crippen molar-refractivity contribution in [1.82, 2.24) is 10.2 Å². The maximum atomic E-state index is 13.0. The van der Waals surface area contributed by atoms with Crippen molar-refractivity contribution in [3.8, 4) is 0 Å². The summed E-state index contributed by atoms with van der Waals surface area (Å²) < 4.78 is 9.73. The molecule has 180 valence electrons. The summed E-state index contributed by atoms with van der Waals surface area (Å²) in [5.74, 6) is -3.58. The number of halogens is 1. The van der Waals surface area contributed by atoms with Gasteiger partial charge in [-0.25, -0.2) is 4.79 Å². The molecule has 2 aliphatic heterocycles. The Morgan fingerprint density at radius 2 is 1.91 bits per heavy atom. The monoisotopic (exact) mass is 522 g/mol. The van der Waals surface area contributed by atoms with Gasteiger partial charge in [0.1, 0.15) is 24.1 Å². The van der Waals surface area contributed by atoms with Crippen LogP contribution < -0.4 is 5.32 Å². The Labute approximate surface area is 209 Å². The SMILES string of the molecule is CC1(C)S[C@@H]2C(NC(=O)C(C(=O)OCCl)c3ccsc3)C(=O)N2[C@H]1C(=O)OCc1ccccc1. The number of nitrogens with zero attached hydrogens (tertiary/aromatic N) is 1. The normalized spacial score (nSPS) is 23.4. The molecule has 2 aliphatic rings. The molecule has 0 aliphatic carbocycles. The molecule has 0 saturated carbocycles. The molecule has 1 N–H and O–H groups in total. The average molecular weight is 523 g/mol. The molecule has 34 heavy (non-hydrogen) atoms. The molecular formula is C23H23ClN2O6S2. The van der Waals surface area contributed by atoms with Crippen molar-refractivity contribution in [2.75, 3.05) is 6.07 Å². The van der Waals surface area contributed by atoms with Gasteiger partial charge in [0.2, 0.25) is 11.8 Å². The number of hydrogen-bond acceptors (Lipinski definition) is 8. The number of hydrogen-bond donors (Lipinski definition) is 1. The first kappa shape index (κ1) is 24.6. The third-order valence-electron chi connectivity index (χ3n) is 5.76. The molecule has 2 fully saturated rings. The van der Waals surface area contributed by atoms with Crippen LogP contribution in [0.2, 0.25) is 0 Å². The van der Waals surface area contributed by atoms with Crippen LogP contribution in [-0.4, -0.2) is 56.9 Å². The fourth-order valence-electron chi connectivity index (χ4n) is 4.14. The van der Waals surface area contributed by atoms with E-state index in [1.54, 1.807) is 16.8 Å². The van der Waals surface area contributed by atoms with E-state index in [1.807, 2.05) is 44.2 Å². The highest BCUT2D eigenvalue weighted by molar-refractivity contribution is 8.01. The Bertz CT molecular complexity index is 1080. The number of esters is 2. The summed E-state index contributed by atoms with van der Waals surface area (Å²) in [6.07, 6.45) is 0. The maximum Gasteiger partial charge on any atom is 0.330 e. The standard InChI is InChI=1S/C23H23ClN2O6S2/c1-23(2)17(22(30)31-10-13-6-4-3-5-7-13)26-19(28)16(20(26)34-23)25-18(27)15(21(29)32-12-24)14-8-9-33-11-14/h3-9,11,15-17,20H,10,12H2,1-2H3,(H,25,27)/t15?,16?,17-,20+/m0/s1. The molecule has 0 spiro atoms. The second-order valence-electron chi connectivity index (χ2n) is 8.40. The predicted octanol–water partition coefficient (Wildman–Crippen LogP) is 2.86. The van der Waals surface area contributed by atoms with Crippen molar-refractivity contribution in [2.45, 2.75) is 48.6 Å². The number of alkyl halides is 1. The van der Waals surface area contributed by atoms with E-state index in [-0.39, 0.29) is 12.7 Å². The zero-order valence-corrected chi connectivity index (χ0v) is 20.8. The number of thiophene rings is 1. The van der Waals surface area contributed by atoms with Crippen molar-refractivity contribution in [3.63, 3.8) is 0 Å². The lowest BCUT2D eigenvalue weighted by molar-refractivity contribution is -0.165. The number of benzene rings is 1. The number of nitrogens with one attached hydrogen (secondary N) is 1. The van der Waals surface area contributed by atoms with Crippen LogP contribution in [-0.2, 0) is 35.3 Å². The second kappa shape index (κ2) is 9.97. The number of rotatable bonds is 8. The van der Waals surface area contributed by atoms with Crippen LogP contribution >= 0.6 is 34.7 Å². The van der Waals surface area contributed by atoms with Gasteiger partial charge < -0.3 is 19.7 Å². The Morgan fingerprint density at radius 1 is 1.18 bits per heavy atom. The molecule has 11 heteroatoms. The van der Waals surface area contributed by atoms with Crippen molar-refractivity contribution in [2.24, 2.45) is 0 Å². The van der Waals surface area contributed by atoms with Crippen LogP contribution in [0.15, 0.2) is 47.2 Å². The van der Waals surface area contributed by atoms with Gasteiger partial charge in [-0.1, -0.05) is 41.9 Å². The van der Waals surface area contributed by atoms with E-state index in [0.29, 0.717) is 5.56 Å². The molecule has 2 amide bonds. The summed E-state index contributed by atoms with van der Waals surface area (Å²) in [6.45, 7) is 3.83. The molecule has 2 saturated heterocycles. The smallest absolute Gasteiger partial charge is 0.330 e. The van der Waals surface area contributed by atoms with E-state index < -0.39 is 51.9 Å². The molecular weight excluding hydrogens is 500 g/mol. The molecule has 2 unspecified atom stereocenters. The number of ether oxygens (including phenoxy) is 2. The topological polar surface area (TPSA) is 102 Å². The summed E-state index contributed by atoms with van der Waals surface area (Å²) >= 11 is 8.25. The maximum absolute atomic E-state index is 13.0. The van der Waals surface area contributed by atoms with Gasteiger partial charge in [-0.05, 0) is 41.8 Å². The summed E-state index contributed by atoms with van der Waals surface area (Å²) in [7, 11) is 0. The molecule has 1 aromatic carbocycles. The molecule has 2 aromatic rings. The van der Waals surface area contributed by atoms with Crippen molar-refractivity contribution in [1.29, 1.82) is 0 Å². The zero-order chi connectivity index (χ0) is 24.5. The molecule has 8 nitrogen and oxygen atoms in total. The minimum Gasteiger partial charge on any atom is -0.459 e. The minimum absolute atomic E-state index is 0.106.